The third-order valence-corrected chi connectivity index (χ3v) is 5.94. The second-order valence-electron chi connectivity index (χ2n) is 5.44. The molecule has 110 valence electrons. The maximum atomic E-state index is 11.9. The lowest BCUT2D eigenvalue weighted by Gasteiger charge is -2.11. The lowest BCUT2D eigenvalue weighted by molar-refractivity contribution is 0.174. The highest BCUT2D eigenvalue weighted by Gasteiger charge is 2.68. The average molecular weight is 299 g/mol. The van der Waals surface area contributed by atoms with Gasteiger partial charge >= 0.3 is 0 Å². The summed E-state index contributed by atoms with van der Waals surface area (Å²) >= 11 is 0. The third kappa shape index (κ3) is 1.81. The van der Waals surface area contributed by atoms with Crippen molar-refractivity contribution in [3.05, 3.63) is 23.8 Å². The number of ether oxygens (including phenoxy) is 2. The van der Waals surface area contributed by atoms with Gasteiger partial charge in [-0.25, -0.2) is 8.42 Å². The van der Waals surface area contributed by atoms with Crippen LogP contribution in [0.5, 0.6) is 11.5 Å². The molecule has 2 aliphatic rings. The van der Waals surface area contributed by atoms with Crippen LogP contribution >= 0.6 is 0 Å². The van der Waals surface area contributed by atoms with Crippen molar-refractivity contribution in [1.29, 1.82) is 0 Å². The smallest absolute Gasteiger partial charge is 0.231 e. The number of aliphatic hydroxyl groups is 1. The summed E-state index contributed by atoms with van der Waals surface area (Å²) in [7, 11) is -3.28. The first-order valence-electron chi connectivity index (χ1n) is 6.33. The molecule has 3 unspecified atom stereocenters. The van der Waals surface area contributed by atoms with Crippen molar-refractivity contribution < 1.29 is 23.0 Å². The minimum absolute atomic E-state index is 0.125. The van der Waals surface area contributed by atoms with E-state index in [9.17, 15) is 13.5 Å². The predicted molar refractivity (Wildman–Crippen MR) is 72.5 cm³/mol. The van der Waals surface area contributed by atoms with E-state index >= 15 is 0 Å². The van der Waals surface area contributed by atoms with E-state index in [1.807, 2.05) is 6.07 Å². The number of hydrogen-bond acceptors (Lipinski definition) is 6. The summed E-state index contributed by atoms with van der Waals surface area (Å²) in [6, 6.07) is 5.34. The molecule has 1 aromatic rings. The van der Waals surface area contributed by atoms with E-state index in [1.165, 1.54) is 6.26 Å². The number of fused-ring (bicyclic) bond motifs is 1. The number of aliphatic hydroxyl groups excluding tert-OH is 1. The Hall–Kier alpha value is -1.31. The molecule has 0 spiro atoms. The Labute approximate surface area is 117 Å². The van der Waals surface area contributed by atoms with Crippen molar-refractivity contribution in [2.24, 2.45) is 11.1 Å². The zero-order chi connectivity index (χ0) is 14.5. The normalized spacial score (nSPS) is 31.4. The number of hydrogen-bond donors (Lipinski definition) is 2. The molecule has 0 saturated heterocycles. The van der Waals surface area contributed by atoms with E-state index in [1.54, 1.807) is 12.1 Å². The first-order chi connectivity index (χ1) is 9.44. The average Bonchev–Trinajstić information content (AvgIpc) is 2.89. The zero-order valence-corrected chi connectivity index (χ0v) is 11.9. The Morgan fingerprint density at radius 3 is 2.65 bits per heavy atom. The fourth-order valence-corrected chi connectivity index (χ4v) is 5.25. The SMILES string of the molecule is CS(=O)(=O)C1C(c2ccc3c(c2)OCO3)C1(CN)CO. The molecule has 0 bridgehead atoms. The number of benzene rings is 1. The first kappa shape index (κ1) is 13.7. The van der Waals surface area contributed by atoms with Gasteiger partial charge in [-0.15, -0.1) is 0 Å². The van der Waals surface area contributed by atoms with Crippen LogP contribution in [-0.2, 0) is 9.84 Å². The van der Waals surface area contributed by atoms with Crippen LogP contribution in [0.25, 0.3) is 0 Å². The van der Waals surface area contributed by atoms with Gasteiger partial charge in [0.15, 0.2) is 21.3 Å². The second-order valence-corrected chi connectivity index (χ2v) is 7.60. The lowest BCUT2D eigenvalue weighted by Crippen LogP contribution is -2.27. The first-order valence-corrected chi connectivity index (χ1v) is 8.29. The molecule has 0 radical (unpaired) electrons. The van der Waals surface area contributed by atoms with Crippen LogP contribution in [0.15, 0.2) is 18.2 Å². The van der Waals surface area contributed by atoms with Crippen molar-refractivity contribution in [2.45, 2.75) is 11.2 Å². The molecule has 0 aromatic heterocycles. The van der Waals surface area contributed by atoms with Crippen molar-refractivity contribution >= 4 is 9.84 Å². The van der Waals surface area contributed by atoms with Gasteiger partial charge in [0.1, 0.15) is 0 Å². The van der Waals surface area contributed by atoms with Crippen LogP contribution in [0, 0.1) is 5.41 Å². The molecule has 7 heteroatoms. The quantitative estimate of drug-likeness (QED) is 0.803. The minimum Gasteiger partial charge on any atom is -0.454 e. The molecule has 1 fully saturated rings. The topological polar surface area (TPSA) is 98.9 Å². The lowest BCUT2D eigenvalue weighted by atomic mass is 10.00. The van der Waals surface area contributed by atoms with Gasteiger partial charge in [-0.2, -0.15) is 0 Å². The van der Waals surface area contributed by atoms with E-state index < -0.39 is 20.5 Å². The third-order valence-electron chi connectivity index (χ3n) is 4.27. The van der Waals surface area contributed by atoms with Crippen LogP contribution in [0.2, 0.25) is 0 Å². The monoisotopic (exact) mass is 299 g/mol. The molecule has 3 rings (SSSR count). The number of rotatable bonds is 4. The standard InChI is InChI=1S/C13H17NO5S/c1-20(16,17)12-11(13(12,5-14)6-15)8-2-3-9-10(4-8)19-7-18-9/h2-4,11-12,15H,5-7,14H2,1H3. The van der Waals surface area contributed by atoms with Gasteiger partial charge in [-0.3, -0.25) is 0 Å². The number of sulfone groups is 1. The molecule has 1 heterocycles. The molecular weight excluding hydrogens is 282 g/mol. The molecule has 1 saturated carbocycles. The molecular formula is C13H17NO5S. The summed E-state index contributed by atoms with van der Waals surface area (Å²) < 4.78 is 34.4. The molecule has 3 N–H and O–H groups in total. The summed E-state index contributed by atoms with van der Waals surface area (Å²) in [6.45, 7) is 0.0433. The molecule has 6 nitrogen and oxygen atoms in total. The van der Waals surface area contributed by atoms with Gasteiger partial charge in [-0.05, 0) is 17.7 Å². The van der Waals surface area contributed by atoms with Crippen molar-refractivity contribution in [3.8, 4) is 11.5 Å². The molecule has 1 aromatic carbocycles. The van der Waals surface area contributed by atoms with Gasteiger partial charge < -0.3 is 20.3 Å². The highest BCUT2D eigenvalue weighted by atomic mass is 32.2. The van der Waals surface area contributed by atoms with E-state index in [2.05, 4.69) is 0 Å². The summed E-state index contributed by atoms with van der Waals surface area (Å²) in [6.07, 6.45) is 1.19. The van der Waals surface area contributed by atoms with Crippen LogP contribution in [0.1, 0.15) is 11.5 Å². The number of nitrogens with two attached hydrogens (primary N) is 1. The van der Waals surface area contributed by atoms with Crippen LogP contribution in [0.4, 0.5) is 0 Å². The molecule has 1 aliphatic carbocycles. The fraction of sp³-hybridized carbons (Fsp3) is 0.538. The Kier molecular flexibility index (Phi) is 2.97. The maximum Gasteiger partial charge on any atom is 0.231 e. The van der Waals surface area contributed by atoms with Crippen LogP contribution in [-0.4, -0.2) is 45.0 Å². The van der Waals surface area contributed by atoms with Crippen molar-refractivity contribution in [2.75, 3.05) is 26.2 Å². The maximum absolute atomic E-state index is 11.9. The largest absolute Gasteiger partial charge is 0.454 e. The highest BCUT2D eigenvalue weighted by molar-refractivity contribution is 7.91. The zero-order valence-electron chi connectivity index (χ0n) is 11.1. The summed E-state index contributed by atoms with van der Waals surface area (Å²) in [5, 5.41) is 8.97. The Morgan fingerprint density at radius 1 is 1.40 bits per heavy atom. The Morgan fingerprint density at radius 2 is 2.10 bits per heavy atom. The molecule has 1 aliphatic heterocycles. The fourth-order valence-electron chi connectivity index (χ4n) is 3.24. The Balaban J connectivity index is 2.01. The highest BCUT2D eigenvalue weighted by Crippen LogP contribution is 2.62. The van der Waals surface area contributed by atoms with E-state index in [-0.39, 0.29) is 25.9 Å². The minimum atomic E-state index is -3.28. The molecule has 3 atom stereocenters. The van der Waals surface area contributed by atoms with E-state index in [0.29, 0.717) is 11.5 Å². The van der Waals surface area contributed by atoms with Gasteiger partial charge in [0.25, 0.3) is 0 Å². The van der Waals surface area contributed by atoms with Crippen molar-refractivity contribution in [3.63, 3.8) is 0 Å². The van der Waals surface area contributed by atoms with Gasteiger partial charge in [0.05, 0.1) is 11.9 Å². The van der Waals surface area contributed by atoms with Crippen molar-refractivity contribution in [1.82, 2.24) is 0 Å². The molecule has 0 amide bonds. The van der Waals surface area contributed by atoms with E-state index in [4.69, 9.17) is 15.2 Å². The predicted octanol–water partition coefficient (Wildman–Crippen LogP) is -0.137. The second kappa shape index (κ2) is 4.34. The van der Waals surface area contributed by atoms with Gasteiger partial charge in [0, 0.05) is 24.1 Å². The molecule has 20 heavy (non-hydrogen) atoms. The summed E-state index contributed by atoms with van der Waals surface area (Å²) in [4.78, 5) is 0. The van der Waals surface area contributed by atoms with Gasteiger partial charge in [0.2, 0.25) is 6.79 Å². The summed E-state index contributed by atoms with van der Waals surface area (Å²) in [5.74, 6) is 0.945. The van der Waals surface area contributed by atoms with Crippen LogP contribution in [0.3, 0.4) is 0 Å². The van der Waals surface area contributed by atoms with Crippen LogP contribution < -0.4 is 15.2 Å². The van der Waals surface area contributed by atoms with E-state index in [0.717, 1.165) is 5.56 Å². The summed E-state index contributed by atoms with van der Waals surface area (Å²) in [5.41, 5.74) is 5.75. The Bertz CT molecular complexity index is 638. The van der Waals surface area contributed by atoms with Gasteiger partial charge in [-0.1, -0.05) is 6.07 Å².